The largest absolute Gasteiger partial charge is 0.328 e. The molecule has 2 rings (SSSR count). The summed E-state index contributed by atoms with van der Waals surface area (Å²) in [6, 6.07) is 8.08. The van der Waals surface area contributed by atoms with Crippen LogP contribution < -0.4 is 10.6 Å². The van der Waals surface area contributed by atoms with Crippen molar-refractivity contribution in [3.63, 3.8) is 0 Å². The van der Waals surface area contributed by atoms with E-state index in [1.165, 1.54) is 0 Å². The van der Waals surface area contributed by atoms with Crippen molar-refractivity contribution in [1.29, 1.82) is 0 Å². The summed E-state index contributed by atoms with van der Waals surface area (Å²) < 4.78 is 0. The molecule has 2 nitrogen and oxygen atoms in total. The SMILES string of the molecule is NCc1cccc(N2C=CC=CC2Cl)c1. The summed E-state index contributed by atoms with van der Waals surface area (Å²) in [6.07, 6.45) is 7.82. The Morgan fingerprint density at radius 3 is 2.93 bits per heavy atom. The van der Waals surface area contributed by atoms with E-state index in [-0.39, 0.29) is 5.50 Å². The smallest absolute Gasteiger partial charge is 0.127 e. The molecule has 0 aliphatic carbocycles. The molecule has 78 valence electrons. The Morgan fingerprint density at radius 2 is 2.20 bits per heavy atom. The quantitative estimate of drug-likeness (QED) is 0.613. The van der Waals surface area contributed by atoms with Gasteiger partial charge >= 0.3 is 0 Å². The van der Waals surface area contributed by atoms with Crippen molar-refractivity contribution in [3.8, 4) is 0 Å². The van der Waals surface area contributed by atoms with Gasteiger partial charge in [-0.05, 0) is 29.8 Å². The summed E-state index contributed by atoms with van der Waals surface area (Å²) in [5.74, 6) is 0. The van der Waals surface area contributed by atoms with Crippen LogP contribution in [0.2, 0.25) is 0 Å². The van der Waals surface area contributed by atoms with E-state index in [4.69, 9.17) is 17.3 Å². The average Bonchev–Trinajstić information content (AvgIpc) is 2.30. The van der Waals surface area contributed by atoms with Gasteiger partial charge in [0.25, 0.3) is 0 Å². The minimum Gasteiger partial charge on any atom is -0.328 e. The molecule has 0 bridgehead atoms. The lowest BCUT2D eigenvalue weighted by Crippen LogP contribution is -2.25. The Balaban J connectivity index is 2.28. The number of halogens is 1. The van der Waals surface area contributed by atoms with Crippen LogP contribution in [0.1, 0.15) is 5.56 Å². The van der Waals surface area contributed by atoms with Gasteiger partial charge in [0.15, 0.2) is 0 Å². The third-order valence-electron chi connectivity index (χ3n) is 2.34. The van der Waals surface area contributed by atoms with Gasteiger partial charge < -0.3 is 10.6 Å². The fourth-order valence-electron chi connectivity index (χ4n) is 1.55. The monoisotopic (exact) mass is 220 g/mol. The van der Waals surface area contributed by atoms with Crippen molar-refractivity contribution in [2.75, 3.05) is 4.90 Å². The summed E-state index contributed by atoms with van der Waals surface area (Å²) in [5.41, 5.74) is 7.66. The van der Waals surface area contributed by atoms with E-state index < -0.39 is 0 Å². The van der Waals surface area contributed by atoms with Gasteiger partial charge in [0.1, 0.15) is 5.50 Å². The summed E-state index contributed by atoms with van der Waals surface area (Å²) >= 11 is 6.17. The van der Waals surface area contributed by atoms with Crippen LogP contribution in [-0.4, -0.2) is 5.50 Å². The molecule has 0 saturated heterocycles. The second-order valence-electron chi connectivity index (χ2n) is 3.38. The van der Waals surface area contributed by atoms with E-state index in [0.29, 0.717) is 6.54 Å². The molecule has 1 heterocycles. The maximum Gasteiger partial charge on any atom is 0.127 e. The Bertz CT molecular complexity index is 398. The molecule has 0 fully saturated rings. The topological polar surface area (TPSA) is 29.3 Å². The lowest BCUT2D eigenvalue weighted by atomic mass is 10.2. The fraction of sp³-hybridized carbons (Fsp3) is 0.167. The van der Waals surface area contributed by atoms with Crippen LogP contribution >= 0.6 is 11.6 Å². The molecular weight excluding hydrogens is 208 g/mol. The highest BCUT2D eigenvalue weighted by Crippen LogP contribution is 2.23. The first-order valence-electron chi connectivity index (χ1n) is 4.87. The van der Waals surface area contributed by atoms with Gasteiger partial charge in [0.05, 0.1) is 0 Å². The standard InChI is InChI=1S/C12H13ClN2/c13-12-6-1-2-7-15(12)11-5-3-4-10(8-11)9-14/h1-8,12H,9,14H2. The summed E-state index contributed by atoms with van der Waals surface area (Å²) in [6.45, 7) is 0.550. The van der Waals surface area contributed by atoms with Gasteiger partial charge in [-0.1, -0.05) is 29.8 Å². The molecule has 1 aliphatic rings. The fourth-order valence-corrected chi connectivity index (χ4v) is 1.81. The van der Waals surface area contributed by atoms with Crippen LogP contribution in [0.4, 0.5) is 5.69 Å². The van der Waals surface area contributed by atoms with E-state index in [1.54, 1.807) is 0 Å². The van der Waals surface area contributed by atoms with E-state index in [1.807, 2.05) is 47.5 Å². The number of hydrogen-bond acceptors (Lipinski definition) is 2. The molecule has 0 saturated carbocycles. The zero-order valence-corrected chi connectivity index (χ0v) is 9.06. The molecule has 1 atom stereocenters. The Kier molecular flexibility index (Phi) is 3.09. The second-order valence-corrected chi connectivity index (χ2v) is 3.83. The first-order chi connectivity index (χ1) is 7.31. The van der Waals surface area contributed by atoms with Gasteiger partial charge in [-0.15, -0.1) is 0 Å². The van der Waals surface area contributed by atoms with E-state index >= 15 is 0 Å². The highest BCUT2D eigenvalue weighted by molar-refractivity contribution is 6.23. The first kappa shape index (κ1) is 10.3. The normalized spacial score (nSPS) is 19.6. The van der Waals surface area contributed by atoms with Gasteiger partial charge in [0, 0.05) is 18.4 Å². The average molecular weight is 221 g/mol. The zero-order valence-electron chi connectivity index (χ0n) is 8.31. The molecule has 1 aromatic rings. The lowest BCUT2D eigenvalue weighted by Gasteiger charge is -2.26. The number of nitrogens with two attached hydrogens (primary N) is 1. The Labute approximate surface area is 94.6 Å². The maximum atomic E-state index is 6.17. The minimum atomic E-state index is -0.122. The molecular formula is C12H13ClN2. The predicted octanol–water partition coefficient (Wildman–Crippen LogP) is 2.60. The third kappa shape index (κ3) is 2.22. The third-order valence-corrected chi connectivity index (χ3v) is 2.69. The predicted molar refractivity (Wildman–Crippen MR) is 64.7 cm³/mol. The number of alkyl halides is 1. The van der Waals surface area contributed by atoms with Crippen molar-refractivity contribution in [1.82, 2.24) is 0 Å². The molecule has 0 radical (unpaired) electrons. The number of hydrogen-bond donors (Lipinski definition) is 1. The van der Waals surface area contributed by atoms with Crippen molar-refractivity contribution >= 4 is 17.3 Å². The van der Waals surface area contributed by atoms with E-state index in [9.17, 15) is 0 Å². The summed E-state index contributed by atoms with van der Waals surface area (Å²) in [7, 11) is 0. The second kappa shape index (κ2) is 4.51. The number of benzene rings is 1. The number of allylic oxidation sites excluding steroid dienone is 2. The van der Waals surface area contributed by atoms with Gasteiger partial charge in [-0.25, -0.2) is 0 Å². The van der Waals surface area contributed by atoms with Crippen LogP contribution in [-0.2, 0) is 6.54 Å². The first-order valence-corrected chi connectivity index (χ1v) is 5.31. The molecule has 0 aromatic heterocycles. The van der Waals surface area contributed by atoms with Crippen molar-refractivity contribution in [3.05, 3.63) is 54.3 Å². The van der Waals surface area contributed by atoms with Crippen molar-refractivity contribution in [2.45, 2.75) is 12.0 Å². The van der Waals surface area contributed by atoms with Gasteiger partial charge in [0.2, 0.25) is 0 Å². The van der Waals surface area contributed by atoms with E-state index in [0.717, 1.165) is 11.3 Å². The van der Waals surface area contributed by atoms with Crippen LogP contribution in [0.25, 0.3) is 0 Å². The molecule has 3 heteroatoms. The molecule has 0 spiro atoms. The molecule has 2 N–H and O–H groups in total. The number of nitrogens with zero attached hydrogens (tertiary/aromatic N) is 1. The molecule has 1 unspecified atom stereocenters. The molecule has 1 aliphatic heterocycles. The van der Waals surface area contributed by atoms with Crippen molar-refractivity contribution < 1.29 is 0 Å². The lowest BCUT2D eigenvalue weighted by molar-refractivity contribution is 0.992. The van der Waals surface area contributed by atoms with E-state index in [2.05, 4.69) is 6.07 Å². The number of rotatable bonds is 2. The highest BCUT2D eigenvalue weighted by atomic mass is 35.5. The highest BCUT2D eigenvalue weighted by Gasteiger charge is 2.12. The maximum absolute atomic E-state index is 6.17. The zero-order chi connectivity index (χ0) is 10.7. The Hall–Kier alpha value is -1.25. The van der Waals surface area contributed by atoms with Gasteiger partial charge in [-0.2, -0.15) is 0 Å². The molecule has 1 aromatic carbocycles. The summed E-state index contributed by atoms with van der Waals surface area (Å²) in [4.78, 5) is 2.00. The minimum absolute atomic E-state index is 0.122. The van der Waals surface area contributed by atoms with Crippen LogP contribution in [0, 0.1) is 0 Å². The number of anilines is 1. The van der Waals surface area contributed by atoms with Crippen LogP contribution in [0.5, 0.6) is 0 Å². The van der Waals surface area contributed by atoms with Crippen molar-refractivity contribution in [2.24, 2.45) is 5.73 Å². The van der Waals surface area contributed by atoms with Crippen LogP contribution in [0.15, 0.2) is 48.7 Å². The Morgan fingerprint density at radius 1 is 1.33 bits per heavy atom. The van der Waals surface area contributed by atoms with Crippen LogP contribution in [0.3, 0.4) is 0 Å². The molecule has 0 amide bonds. The molecule has 15 heavy (non-hydrogen) atoms. The van der Waals surface area contributed by atoms with Gasteiger partial charge in [-0.3, -0.25) is 0 Å². The summed E-state index contributed by atoms with van der Waals surface area (Å²) in [5, 5.41) is 0.